The molecule has 0 spiro atoms. The van der Waals surface area contributed by atoms with Crippen molar-refractivity contribution >= 4 is 6.72 Å². The van der Waals surface area contributed by atoms with Crippen LogP contribution in [0.5, 0.6) is 0 Å². The molecule has 0 rings (SSSR count). The van der Waals surface area contributed by atoms with Crippen LogP contribution >= 0.6 is 0 Å². The van der Waals surface area contributed by atoms with E-state index in [0.717, 1.165) is 5.70 Å². The third-order valence-electron chi connectivity index (χ3n) is 1.76. The number of hydrogen-bond donors (Lipinski definition) is 2. The predicted molar refractivity (Wildman–Crippen MR) is 61.6 cm³/mol. The van der Waals surface area contributed by atoms with Crippen LogP contribution in [0.15, 0.2) is 29.4 Å². The van der Waals surface area contributed by atoms with E-state index >= 15 is 0 Å². The van der Waals surface area contributed by atoms with Gasteiger partial charge in [-0.05, 0) is 12.8 Å². The van der Waals surface area contributed by atoms with E-state index < -0.39 is 0 Å². The Kier molecular flexibility index (Phi) is 6.98. The first-order chi connectivity index (χ1) is 6.63. The van der Waals surface area contributed by atoms with Gasteiger partial charge in [0.1, 0.15) is 0 Å². The van der Waals surface area contributed by atoms with Gasteiger partial charge in [0, 0.05) is 24.2 Å². The van der Waals surface area contributed by atoms with Crippen molar-refractivity contribution in [3.05, 3.63) is 24.4 Å². The number of allylic oxidation sites excluding steroid dienone is 2. The second-order valence-corrected chi connectivity index (χ2v) is 3.46. The van der Waals surface area contributed by atoms with E-state index in [1.54, 1.807) is 12.2 Å². The molecule has 0 radical (unpaired) electrons. The zero-order valence-electron chi connectivity index (χ0n) is 9.03. The molecule has 3 nitrogen and oxygen atoms in total. The van der Waals surface area contributed by atoms with Gasteiger partial charge in [-0.1, -0.05) is 26.5 Å². The van der Waals surface area contributed by atoms with E-state index in [2.05, 4.69) is 23.6 Å². The average Bonchev–Trinajstić information content (AvgIpc) is 2.15. The van der Waals surface area contributed by atoms with Crippen molar-refractivity contribution in [3.8, 4) is 0 Å². The standard InChI is InChI=1S/C11H20N2O/c1-5-6-10(12-4)7-11(8-14)13-9(2)3/h5-6,9,11,13-14H,1,4,7-8H2,2-3H3/b10-6-. The maximum absolute atomic E-state index is 9.11. The quantitative estimate of drug-likeness (QED) is 0.479. The number of aliphatic hydroxyl groups excluding tert-OH is 1. The van der Waals surface area contributed by atoms with E-state index in [0.29, 0.717) is 12.5 Å². The smallest absolute Gasteiger partial charge is 0.0588 e. The van der Waals surface area contributed by atoms with Gasteiger partial charge in [0.05, 0.1) is 6.61 Å². The van der Waals surface area contributed by atoms with Crippen molar-refractivity contribution in [2.24, 2.45) is 4.99 Å². The van der Waals surface area contributed by atoms with Crippen LogP contribution in [0.1, 0.15) is 20.3 Å². The van der Waals surface area contributed by atoms with Crippen LogP contribution < -0.4 is 5.32 Å². The van der Waals surface area contributed by atoms with Crippen LogP contribution in [-0.2, 0) is 0 Å². The predicted octanol–water partition coefficient (Wildman–Crippen LogP) is 1.51. The Morgan fingerprint density at radius 3 is 2.57 bits per heavy atom. The highest BCUT2D eigenvalue weighted by Gasteiger charge is 2.09. The van der Waals surface area contributed by atoms with E-state index in [1.165, 1.54) is 0 Å². The van der Waals surface area contributed by atoms with Crippen molar-refractivity contribution < 1.29 is 5.11 Å². The van der Waals surface area contributed by atoms with E-state index in [4.69, 9.17) is 5.11 Å². The highest BCUT2D eigenvalue weighted by Crippen LogP contribution is 2.07. The summed E-state index contributed by atoms with van der Waals surface area (Å²) in [6.07, 6.45) is 4.15. The highest BCUT2D eigenvalue weighted by atomic mass is 16.3. The first kappa shape index (κ1) is 13.1. The summed E-state index contributed by atoms with van der Waals surface area (Å²) in [7, 11) is 0. The molecule has 0 fully saturated rings. The van der Waals surface area contributed by atoms with Crippen LogP contribution in [0, 0.1) is 0 Å². The molecule has 0 aromatic rings. The van der Waals surface area contributed by atoms with Gasteiger partial charge in [-0.3, -0.25) is 4.99 Å². The molecule has 3 heteroatoms. The third-order valence-corrected chi connectivity index (χ3v) is 1.76. The number of aliphatic imine (C=N–C) groups is 1. The fourth-order valence-electron chi connectivity index (χ4n) is 1.22. The van der Waals surface area contributed by atoms with Gasteiger partial charge < -0.3 is 10.4 Å². The van der Waals surface area contributed by atoms with Gasteiger partial charge in [-0.15, -0.1) is 0 Å². The molecule has 0 aromatic heterocycles. The van der Waals surface area contributed by atoms with E-state index in [9.17, 15) is 0 Å². The monoisotopic (exact) mass is 196 g/mol. The molecule has 0 aliphatic carbocycles. The molecule has 0 amide bonds. The van der Waals surface area contributed by atoms with Crippen LogP contribution in [0.2, 0.25) is 0 Å². The van der Waals surface area contributed by atoms with Gasteiger partial charge in [-0.2, -0.15) is 0 Å². The largest absolute Gasteiger partial charge is 0.395 e. The van der Waals surface area contributed by atoms with Gasteiger partial charge >= 0.3 is 0 Å². The van der Waals surface area contributed by atoms with Crippen molar-refractivity contribution in [3.63, 3.8) is 0 Å². The number of nitrogens with zero attached hydrogens (tertiary/aromatic N) is 1. The molecule has 14 heavy (non-hydrogen) atoms. The highest BCUT2D eigenvalue weighted by molar-refractivity contribution is 5.30. The number of hydrogen-bond acceptors (Lipinski definition) is 3. The summed E-state index contributed by atoms with van der Waals surface area (Å²) in [5, 5.41) is 12.3. The Balaban J connectivity index is 4.20. The van der Waals surface area contributed by atoms with E-state index in [1.807, 2.05) is 13.8 Å². The molecule has 0 aliphatic rings. The summed E-state index contributed by atoms with van der Waals surface area (Å²) in [6.45, 7) is 11.3. The lowest BCUT2D eigenvalue weighted by molar-refractivity contribution is 0.234. The van der Waals surface area contributed by atoms with Crippen molar-refractivity contribution in [2.75, 3.05) is 6.61 Å². The summed E-state index contributed by atoms with van der Waals surface area (Å²) in [4.78, 5) is 3.86. The van der Waals surface area contributed by atoms with Gasteiger partial charge in [0.2, 0.25) is 0 Å². The minimum atomic E-state index is 0.0340. The SMILES string of the molecule is C=C/C=C(/CC(CO)NC(C)C)N=C. The lowest BCUT2D eigenvalue weighted by atomic mass is 10.1. The number of rotatable bonds is 7. The Hall–Kier alpha value is -0.930. The minimum absolute atomic E-state index is 0.0340. The zero-order chi connectivity index (χ0) is 11.0. The first-order valence-electron chi connectivity index (χ1n) is 4.79. The van der Waals surface area contributed by atoms with Crippen molar-refractivity contribution in [2.45, 2.75) is 32.4 Å². The third kappa shape index (κ3) is 5.67. The normalized spacial score (nSPS) is 14.1. The molecule has 0 aliphatic heterocycles. The van der Waals surface area contributed by atoms with Crippen LogP contribution in [0.25, 0.3) is 0 Å². The average molecular weight is 196 g/mol. The second-order valence-electron chi connectivity index (χ2n) is 3.46. The molecule has 1 atom stereocenters. The molecule has 0 heterocycles. The van der Waals surface area contributed by atoms with Gasteiger partial charge in [-0.25, -0.2) is 0 Å². The Labute approximate surface area is 86.2 Å². The molecule has 0 aromatic carbocycles. The van der Waals surface area contributed by atoms with Gasteiger partial charge in [0.15, 0.2) is 0 Å². The summed E-state index contributed by atoms with van der Waals surface area (Å²) in [5.41, 5.74) is 0.840. The van der Waals surface area contributed by atoms with Crippen molar-refractivity contribution in [1.82, 2.24) is 5.32 Å². The summed E-state index contributed by atoms with van der Waals surface area (Å²) in [5.74, 6) is 0. The Bertz CT molecular complexity index is 209. The molecule has 80 valence electrons. The lowest BCUT2D eigenvalue weighted by Crippen LogP contribution is -2.37. The van der Waals surface area contributed by atoms with Crippen LogP contribution in [0.4, 0.5) is 0 Å². The molecular weight excluding hydrogens is 176 g/mol. The maximum Gasteiger partial charge on any atom is 0.0588 e. The Morgan fingerprint density at radius 1 is 1.57 bits per heavy atom. The number of aliphatic hydroxyl groups is 1. The molecule has 0 saturated carbocycles. The molecule has 0 bridgehead atoms. The molecular formula is C11H20N2O. The van der Waals surface area contributed by atoms with Crippen molar-refractivity contribution in [1.29, 1.82) is 0 Å². The molecule has 2 N–H and O–H groups in total. The second kappa shape index (κ2) is 7.47. The Morgan fingerprint density at radius 2 is 2.21 bits per heavy atom. The fraction of sp³-hybridized carbons (Fsp3) is 0.545. The zero-order valence-corrected chi connectivity index (χ0v) is 9.03. The van der Waals surface area contributed by atoms with Gasteiger partial charge in [0.25, 0.3) is 0 Å². The number of nitrogens with one attached hydrogen (secondary N) is 1. The topological polar surface area (TPSA) is 44.6 Å². The fourth-order valence-corrected chi connectivity index (χ4v) is 1.22. The van der Waals surface area contributed by atoms with E-state index in [-0.39, 0.29) is 12.6 Å². The summed E-state index contributed by atoms with van der Waals surface area (Å²) < 4.78 is 0. The summed E-state index contributed by atoms with van der Waals surface area (Å²) in [6, 6.07) is 0.383. The lowest BCUT2D eigenvalue weighted by Gasteiger charge is -2.18. The van der Waals surface area contributed by atoms with Crippen LogP contribution in [-0.4, -0.2) is 30.5 Å². The summed E-state index contributed by atoms with van der Waals surface area (Å²) >= 11 is 0. The molecule has 1 unspecified atom stereocenters. The maximum atomic E-state index is 9.11. The van der Waals surface area contributed by atoms with Crippen LogP contribution in [0.3, 0.4) is 0 Å². The minimum Gasteiger partial charge on any atom is -0.395 e. The molecule has 0 saturated heterocycles. The first-order valence-corrected chi connectivity index (χ1v) is 4.79.